The number of halogens is 5. The summed E-state index contributed by atoms with van der Waals surface area (Å²) in [5.74, 6) is -0.332. The average molecular weight is 362 g/mol. The molecule has 0 atom stereocenters. The van der Waals surface area contributed by atoms with E-state index in [1.807, 2.05) is 0 Å². The van der Waals surface area contributed by atoms with Gasteiger partial charge < -0.3 is 15.5 Å². The van der Waals surface area contributed by atoms with Gasteiger partial charge in [0.2, 0.25) is 5.91 Å². The Morgan fingerprint density at radius 1 is 1.23 bits per heavy atom. The van der Waals surface area contributed by atoms with Gasteiger partial charge in [0.25, 0.3) is 0 Å². The molecule has 0 aliphatic heterocycles. The maximum absolute atomic E-state index is 12.7. The van der Waals surface area contributed by atoms with Gasteiger partial charge in [0, 0.05) is 27.1 Å². The lowest BCUT2D eigenvalue weighted by atomic mass is 10.1. The van der Waals surface area contributed by atoms with Gasteiger partial charge in [-0.25, -0.2) is 0 Å². The van der Waals surface area contributed by atoms with E-state index in [0.29, 0.717) is 12.2 Å². The molecule has 0 spiro atoms. The second-order valence-electron chi connectivity index (χ2n) is 4.53. The lowest BCUT2D eigenvalue weighted by Crippen LogP contribution is -2.21. The fourth-order valence-electron chi connectivity index (χ4n) is 1.65. The molecule has 0 bridgehead atoms. The largest absolute Gasteiger partial charge is 0.416 e. The zero-order valence-corrected chi connectivity index (χ0v) is 14.1. The molecule has 0 aromatic heterocycles. The van der Waals surface area contributed by atoms with Crippen LogP contribution in [0.15, 0.2) is 18.2 Å². The summed E-state index contributed by atoms with van der Waals surface area (Å²) in [6.07, 6.45) is -4.24. The van der Waals surface area contributed by atoms with E-state index in [1.54, 1.807) is 26.0 Å². The minimum Gasteiger partial charge on any atom is -0.376 e. The number of amides is 1. The van der Waals surface area contributed by atoms with Gasteiger partial charge in [0.1, 0.15) is 0 Å². The van der Waals surface area contributed by atoms with E-state index in [0.717, 1.165) is 12.1 Å². The minimum absolute atomic E-state index is 0. The Morgan fingerprint density at radius 3 is 2.27 bits per heavy atom. The summed E-state index contributed by atoms with van der Waals surface area (Å²) in [5, 5.41) is 5.32. The summed E-state index contributed by atoms with van der Waals surface area (Å²) in [7, 11) is 5.10. The highest BCUT2D eigenvalue weighted by atomic mass is 35.5. The Bertz CT molecular complexity index is 482. The van der Waals surface area contributed by atoms with Gasteiger partial charge in [-0.05, 0) is 25.2 Å². The number of benzene rings is 1. The highest BCUT2D eigenvalue weighted by Crippen LogP contribution is 2.34. The first kappa shape index (κ1) is 23.1. The molecule has 1 aromatic rings. The molecule has 0 fully saturated rings. The van der Waals surface area contributed by atoms with Crippen molar-refractivity contribution in [1.29, 1.82) is 0 Å². The molecule has 0 aliphatic carbocycles. The van der Waals surface area contributed by atoms with Crippen LogP contribution < -0.4 is 15.5 Å². The molecular weight excluding hydrogens is 342 g/mol. The molecule has 4 nitrogen and oxygen atoms in total. The molecule has 1 rings (SSSR count). The van der Waals surface area contributed by atoms with Crippen LogP contribution in [0, 0.1) is 0 Å². The van der Waals surface area contributed by atoms with Crippen molar-refractivity contribution in [3.63, 3.8) is 0 Å². The topological polar surface area (TPSA) is 44.4 Å². The smallest absolute Gasteiger partial charge is 0.376 e. The summed E-state index contributed by atoms with van der Waals surface area (Å²) in [4.78, 5) is 13.3. The molecule has 2 N–H and O–H groups in total. The third-order valence-electron chi connectivity index (χ3n) is 2.68. The number of anilines is 2. The zero-order valence-electron chi connectivity index (χ0n) is 12.5. The van der Waals surface area contributed by atoms with Crippen LogP contribution in [0.5, 0.6) is 0 Å². The van der Waals surface area contributed by atoms with Gasteiger partial charge in [0.15, 0.2) is 0 Å². The molecule has 128 valence electrons. The number of hydrogen-bond acceptors (Lipinski definition) is 3. The van der Waals surface area contributed by atoms with Crippen LogP contribution in [-0.2, 0) is 11.0 Å². The SMILES string of the molecule is CNCCC(=O)Nc1cc(C(F)(F)F)ccc1N(C)C.Cl.Cl. The standard InChI is InChI=1S/C13H18F3N3O.2ClH/c1-17-7-6-12(20)18-10-8-9(13(14,15)16)4-5-11(10)19(2)3;;/h4-5,8,17H,6-7H2,1-3H3,(H,18,20);2*1H. The number of hydrogen-bond donors (Lipinski definition) is 2. The van der Waals surface area contributed by atoms with Gasteiger partial charge in [0.05, 0.1) is 16.9 Å². The summed E-state index contributed by atoms with van der Waals surface area (Å²) in [5.41, 5.74) is -0.103. The third kappa shape index (κ3) is 6.72. The van der Waals surface area contributed by atoms with Crippen molar-refractivity contribution in [1.82, 2.24) is 5.32 Å². The quantitative estimate of drug-likeness (QED) is 0.846. The van der Waals surface area contributed by atoms with E-state index in [1.165, 1.54) is 6.07 Å². The number of nitrogens with zero attached hydrogens (tertiary/aromatic N) is 1. The zero-order chi connectivity index (χ0) is 15.3. The predicted octanol–water partition coefficient (Wildman–Crippen LogP) is 3.16. The van der Waals surface area contributed by atoms with Crippen molar-refractivity contribution in [3.05, 3.63) is 23.8 Å². The molecule has 22 heavy (non-hydrogen) atoms. The monoisotopic (exact) mass is 361 g/mol. The van der Waals surface area contributed by atoms with Gasteiger partial charge >= 0.3 is 6.18 Å². The molecule has 1 aromatic carbocycles. The Balaban J connectivity index is 0. The lowest BCUT2D eigenvalue weighted by molar-refractivity contribution is -0.137. The van der Waals surface area contributed by atoms with Gasteiger partial charge in [-0.15, -0.1) is 24.8 Å². The van der Waals surface area contributed by atoms with Gasteiger partial charge in [-0.2, -0.15) is 13.2 Å². The lowest BCUT2D eigenvalue weighted by Gasteiger charge is -2.19. The Kier molecular flexibility index (Phi) is 10.2. The van der Waals surface area contributed by atoms with Crippen LogP contribution in [0.2, 0.25) is 0 Å². The summed E-state index contributed by atoms with van der Waals surface area (Å²) >= 11 is 0. The predicted molar refractivity (Wildman–Crippen MR) is 87.4 cm³/mol. The van der Waals surface area contributed by atoms with Crippen LogP contribution in [0.1, 0.15) is 12.0 Å². The van der Waals surface area contributed by atoms with Crippen molar-refractivity contribution in [2.24, 2.45) is 0 Å². The molecule has 0 unspecified atom stereocenters. The first-order chi connectivity index (χ1) is 9.25. The maximum Gasteiger partial charge on any atom is 0.416 e. The number of alkyl halides is 3. The summed E-state index contributed by atoms with van der Waals surface area (Å²) < 4.78 is 38.1. The molecule has 9 heteroatoms. The van der Waals surface area contributed by atoms with Crippen LogP contribution in [-0.4, -0.2) is 33.6 Å². The van der Waals surface area contributed by atoms with E-state index in [4.69, 9.17) is 0 Å². The number of nitrogens with one attached hydrogen (secondary N) is 2. The first-order valence-corrected chi connectivity index (χ1v) is 6.08. The molecule has 0 aliphatic rings. The summed E-state index contributed by atoms with van der Waals surface area (Å²) in [6, 6.07) is 3.29. The van der Waals surface area contributed by atoms with Gasteiger partial charge in [-0.3, -0.25) is 4.79 Å². The van der Waals surface area contributed by atoms with E-state index >= 15 is 0 Å². The average Bonchev–Trinajstić information content (AvgIpc) is 2.34. The molecular formula is C13H20Cl2F3N3O. The molecule has 0 heterocycles. The fraction of sp³-hybridized carbons (Fsp3) is 0.462. The van der Waals surface area contributed by atoms with E-state index in [2.05, 4.69) is 10.6 Å². The molecule has 1 amide bonds. The van der Waals surface area contributed by atoms with Crippen molar-refractivity contribution in [2.75, 3.05) is 37.9 Å². The number of rotatable bonds is 5. The Labute approximate surface area is 140 Å². The van der Waals surface area contributed by atoms with Crippen LogP contribution in [0.25, 0.3) is 0 Å². The van der Waals surface area contributed by atoms with Crippen LogP contribution in [0.4, 0.5) is 24.5 Å². The summed E-state index contributed by atoms with van der Waals surface area (Å²) in [6.45, 7) is 0.460. The number of carbonyl (C=O) groups is 1. The maximum atomic E-state index is 12.7. The van der Waals surface area contributed by atoms with E-state index in [9.17, 15) is 18.0 Å². The molecule has 0 saturated carbocycles. The second-order valence-corrected chi connectivity index (χ2v) is 4.53. The Hall–Kier alpha value is -1.18. The van der Waals surface area contributed by atoms with Gasteiger partial charge in [-0.1, -0.05) is 0 Å². The third-order valence-corrected chi connectivity index (χ3v) is 2.68. The van der Waals surface area contributed by atoms with Crippen molar-refractivity contribution < 1.29 is 18.0 Å². The minimum atomic E-state index is -4.44. The first-order valence-electron chi connectivity index (χ1n) is 6.08. The fourth-order valence-corrected chi connectivity index (χ4v) is 1.65. The van der Waals surface area contributed by atoms with Crippen molar-refractivity contribution in [3.8, 4) is 0 Å². The van der Waals surface area contributed by atoms with E-state index < -0.39 is 11.7 Å². The Morgan fingerprint density at radius 2 is 1.82 bits per heavy atom. The highest BCUT2D eigenvalue weighted by Gasteiger charge is 2.31. The van der Waals surface area contributed by atoms with Crippen LogP contribution in [0.3, 0.4) is 0 Å². The normalized spacial score (nSPS) is 10.3. The van der Waals surface area contributed by atoms with Crippen molar-refractivity contribution in [2.45, 2.75) is 12.6 Å². The highest BCUT2D eigenvalue weighted by molar-refractivity contribution is 5.94. The number of carbonyl (C=O) groups excluding carboxylic acids is 1. The second kappa shape index (κ2) is 9.76. The van der Waals surface area contributed by atoms with Crippen molar-refractivity contribution >= 4 is 42.1 Å². The molecule has 0 saturated heterocycles. The van der Waals surface area contributed by atoms with E-state index in [-0.39, 0.29) is 42.8 Å². The molecule has 0 radical (unpaired) electrons. The van der Waals surface area contributed by atoms with Crippen LogP contribution >= 0.6 is 24.8 Å².